The molecule has 6 nitrogen and oxygen atoms in total. The van der Waals surface area contributed by atoms with Crippen molar-refractivity contribution < 1.29 is 8.95 Å². The second-order valence-corrected chi connectivity index (χ2v) is 8.83. The van der Waals surface area contributed by atoms with E-state index in [1.54, 1.807) is 24.5 Å². The third-order valence-corrected chi connectivity index (χ3v) is 6.30. The molecular formula is C17H21ClN4O2S. The van der Waals surface area contributed by atoms with Crippen LogP contribution in [0.3, 0.4) is 0 Å². The van der Waals surface area contributed by atoms with Crippen molar-refractivity contribution >= 4 is 28.2 Å². The fraction of sp³-hybridized carbons (Fsp3) is 0.471. The predicted molar refractivity (Wildman–Crippen MR) is 98.3 cm³/mol. The molecule has 1 unspecified atom stereocenters. The highest BCUT2D eigenvalue weighted by molar-refractivity contribution is 7.86. The molecule has 0 aromatic carbocycles. The summed E-state index contributed by atoms with van der Waals surface area (Å²) in [6.07, 6.45) is 3.27. The Labute approximate surface area is 155 Å². The van der Waals surface area contributed by atoms with Crippen LogP contribution < -0.4 is 4.90 Å². The summed E-state index contributed by atoms with van der Waals surface area (Å²) in [6, 6.07) is 5.59. The molecule has 0 amide bonds. The van der Waals surface area contributed by atoms with Gasteiger partial charge in [-0.3, -0.25) is 9.19 Å². The Balaban J connectivity index is 1.97. The first-order chi connectivity index (χ1) is 11.9. The molecule has 0 aliphatic carbocycles. The third-order valence-electron chi connectivity index (χ3n) is 4.29. The number of anilines is 1. The zero-order chi connectivity index (χ0) is 18.0. The smallest absolute Gasteiger partial charge is 0.224 e. The molecule has 25 heavy (non-hydrogen) atoms. The summed E-state index contributed by atoms with van der Waals surface area (Å²) in [6.45, 7) is 7.90. The molecule has 8 heteroatoms. The topological polar surface area (TPSA) is 68.2 Å². The van der Waals surface area contributed by atoms with Crippen LogP contribution in [0.5, 0.6) is 0 Å². The maximum atomic E-state index is 13.1. The zero-order valence-corrected chi connectivity index (χ0v) is 16.0. The van der Waals surface area contributed by atoms with Crippen molar-refractivity contribution in [2.24, 2.45) is 0 Å². The average Bonchev–Trinajstić information content (AvgIpc) is 2.61. The van der Waals surface area contributed by atoms with Crippen LogP contribution in [0.2, 0.25) is 5.28 Å². The summed E-state index contributed by atoms with van der Waals surface area (Å²) in [5, 5.41) is 0.158. The van der Waals surface area contributed by atoms with Gasteiger partial charge in [0.15, 0.2) is 0 Å². The summed E-state index contributed by atoms with van der Waals surface area (Å²) in [4.78, 5) is 15.6. The number of pyridine rings is 1. The Morgan fingerprint density at radius 3 is 2.72 bits per heavy atom. The van der Waals surface area contributed by atoms with E-state index in [4.69, 9.17) is 16.3 Å². The number of morpholine rings is 1. The SMILES string of the molecule is C[C@H]1COCCN1c1cc(C(C)(C)S(=O)c2ccncc2)nc(Cl)n1. The van der Waals surface area contributed by atoms with E-state index >= 15 is 0 Å². The van der Waals surface area contributed by atoms with Crippen molar-refractivity contribution in [3.8, 4) is 0 Å². The summed E-state index contributed by atoms with van der Waals surface area (Å²) >= 11 is 6.18. The highest BCUT2D eigenvalue weighted by Gasteiger charge is 2.33. The second kappa shape index (κ2) is 7.35. The molecule has 2 aromatic rings. The van der Waals surface area contributed by atoms with Crippen LogP contribution in [0.4, 0.5) is 5.82 Å². The maximum absolute atomic E-state index is 13.1. The Bertz CT molecular complexity index is 772. The van der Waals surface area contributed by atoms with Crippen LogP contribution in [0.1, 0.15) is 26.5 Å². The molecule has 1 saturated heterocycles. The maximum Gasteiger partial charge on any atom is 0.224 e. The molecule has 0 N–H and O–H groups in total. The minimum Gasteiger partial charge on any atom is -0.377 e. The van der Waals surface area contributed by atoms with Gasteiger partial charge in [0.1, 0.15) is 5.82 Å². The van der Waals surface area contributed by atoms with Crippen molar-refractivity contribution in [3.63, 3.8) is 0 Å². The van der Waals surface area contributed by atoms with Crippen LogP contribution in [0.25, 0.3) is 0 Å². The lowest BCUT2D eigenvalue weighted by atomic mass is 10.1. The molecule has 0 spiro atoms. The van der Waals surface area contributed by atoms with Gasteiger partial charge < -0.3 is 9.64 Å². The van der Waals surface area contributed by atoms with Gasteiger partial charge in [-0.25, -0.2) is 9.97 Å². The van der Waals surface area contributed by atoms with Gasteiger partial charge in [0.05, 0.1) is 40.5 Å². The van der Waals surface area contributed by atoms with E-state index in [0.717, 1.165) is 12.4 Å². The molecule has 3 heterocycles. The molecule has 1 aliphatic rings. The molecule has 3 rings (SSSR count). The van der Waals surface area contributed by atoms with Gasteiger partial charge in [-0.1, -0.05) is 0 Å². The lowest BCUT2D eigenvalue weighted by molar-refractivity contribution is 0.0985. The summed E-state index contributed by atoms with van der Waals surface area (Å²) in [7, 11) is -1.31. The zero-order valence-electron chi connectivity index (χ0n) is 14.5. The Hall–Kier alpha value is -1.57. The Morgan fingerprint density at radius 1 is 1.32 bits per heavy atom. The standard InChI is InChI=1S/C17H21ClN4O2S/c1-12-11-24-9-8-22(12)15-10-14(20-16(18)21-15)17(2,3)25(23)13-4-6-19-7-5-13/h4-7,10,12H,8-9,11H2,1-3H3/t12-,25?/m0/s1. The van der Waals surface area contributed by atoms with E-state index in [9.17, 15) is 4.21 Å². The first-order valence-corrected chi connectivity index (χ1v) is 9.63. The lowest BCUT2D eigenvalue weighted by Crippen LogP contribution is -2.44. The van der Waals surface area contributed by atoms with Crippen LogP contribution in [-0.4, -0.2) is 45.0 Å². The van der Waals surface area contributed by atoms with Crippen molar-refractivity contribution in [1.82, 2.24) is 15.0 Å². The molecule has 134 valence electrons. The van der Waals surface area contributed by atoms with Gasteiger partial charge in [0.2, 0.25) is 5.28 Å². The average molecular weight is 381 g/mol. The molecule has 1 aliphatic heterocycles. The second-order valence-electron chi connectivity index (χ2n) is 6.46. The minimum absolute atomic E-state index is 0.158. The van der Waals surface area contributed by atoms with E-state index in [-0.39, 0.29) is 11.3 Å². The van der Waals surface area contributed by atoms with Gasteiger partial charge in [0, 0.05) is 29.9 Å². The fourth-order valence-corrected chi connectivity index (χ4v) is 4.21. The minimum atomic E-state index is -1.31. The molecule has 2 atom stereocenters. The van der Waals surface area contributed by atoms with E-state index in [2.05, 4.69) is 26.8 Å². The van der Waals surface area contributed by atoms with Crippen LogP contribution in [0.15, 0.2) is 35.5 Å². The van der Waals surface area contributed by atoms with Crippen molar-refractivity contribution in [2.45, 2.75) is 36.5 Å². The fourth-order valence-electron chi connectivity index (χ4n) is 2.78. The van der Waals surface area contributed by atoms with Crippen LogP contribution in [-0.2, 0) is 20.3 Å². The Kier molecular flexibility index (Phi) is 5.36. The number of aromatic nitrogens is 3. The molecule has 2 aromatic heterocycles. The van der Waals surface area contributed by atoms with Gasteiger partial charge in [-0.15, -0.1) is 0 Å². The van der Waals surface area contributed by atoms with E-state index < -0.39 is 15.5 Å². The van der Waals surface area contributed by atoms with Gasteiger partial charge in [0.25, 0.3) is 0 Å². The van der Waals surface area contributed by atoms with Crippen LogP contribution in [0, 0.1) is 0 Å². The van der Waals surface area contributed by atoms with Gasteiger partial charge in [-0.2, -0.15) is 0 Å². The number of hydrogen-bond acceptors (Lipinski definition) is 6. The van der Waals surface area contributed by atoms with Crippen LogP contribution >= 0.6 is 11.6 Å². The van der Waals surface area contributed by atoms with Crippen molar-refractivity contribution in [2.75, 3.05) is 24.7 Å². The van der Waals surface area contributed by atoms with Crippen molar-refractivity contribution in [1.29, 1.82) is 0 Å². The molecular weight excluding hydrogens is 360 g/mol. The number of rotatable bonds is 4. The van der Waals surface area contributed by atoms with Crippen molar-refractivity contribution in [3.05, 3.63) is 41.6 Å². The molecule has 0 saturated carbocycles. The Morgan fingerprint density at radius 2 is 2.04 bits per heavy atom. The molecule has 1 fully saturated rings. The summed E-state index contributed by atoms with van der Waals surface area (Å²) < 4.78 is 17.8. The third kappa shape index (κ3) is 3.83. The van der Waals surface area contributed by atoms with E-state index in [1.165, 1.54) is 0 Å². The lowest BCUT2D eigenvalue weighted by Gasteiger charge is -2.35. The summed E-state index contributed by atoms with van der Waals surface area (Å²) in [5.41, 5.74) is 0.649. The predicted octanol–water partition coefficient (Wildman–Crippen LogP) is 2.79. The largest absolute Gasteiger partial charge is 0.377 e. The van der Waals surface area contributed by atoms with E-state index in [0.29, 0.717) is 23.8 Å². The quantitative estimate of drug-likeness (QED) is 0.760. The highest BCUT2D eigenvalue weighted by atomic mass is 35.5. The number of hydrogen-bond donors (Lipinski definition) is 0. The first kappa shape index (κ1) is 18.2. The summed E-state index contributed by atoms with van der Waals surface area (Å²) in [5.74, 6) is 0.741. The van der Waals surface area contributed by atoms with Gasteiger partial charge in [-0.05, 0) is 44.5 Å². The number of ether oxygens (including phenoxy) is 1. The molecule has 0 bridgehead atoms. The number of halogens is 1. The van der Waals surface area contributed by atoms with Gasteiger partial charge >= 0.3 is 0 Å². The van der Waals surface area contributed by atoms with E-state index in [1.807, 2.05) is 19.9 Å². The first-order valence-electron chi connectivity index (χ1n) is 8.11. The highest BCUT2D eigenvalue weighted by Crippen LogP contribution is 2.33. The number of nitrogens with zero attached hydrogens (tertiary/aromatic N) is 4. The normalized spacial score (nSPS) is 19.7. The monoisotopic (exact) mass is 380 g/mol. The molecule has 0 radical (unpaired) electrons.